The maximum atomic E-state index is 12.2. The van der Waals surface area contributed by atoms with Crippen molar-refractivity contribution in [3.63, 3.8) is 0 Å². The topological polar surface area (TPSA) is 55.0 Å². The second kappa shape index (κ2) is 6.65. The summed E-state index contributed by atoms with van der Waals surface area (Å²) in [6, 6.07) is 20.6. The number of pyridine rings is 2. The number of nitrogens with zero attached hydrogens (tertiary/aromatic N) is 1. The van der Waals surface area contributed by atoms with Crippen LogP contribution in [0.3, 0.4) is 0 Å². The van der Waals surface area contributed by atoms with Gasteiger partial charge in [-0.1, -0.05) is 29.8 Å². The van der Waals surface area contributed by atoms with Crippen LogP contribution < -0.4 is 10.3 Å². The molecule has 0 atom stereocenters. The van der Waals surface area contributed by atoms with Gasteiger partial charge >= 0.3 is 0 Å². The number of benzene rings is 2. The van der Waals surface area contributed by atoms with Crippen LogP contribution >= 0.6 is 11.6 Å². The Balaban J connectivity index is 1.86. The number of nitrogens with one attached hydrogen (secondary N) is 1. The Morgan fingerprint density at radius 3 is 2.50 bits per heavy atom. The van der Waals surface area contributed by atoms with Crippen LogP contribution in [0.5, 0.6) is 5.75 Å². The van der Waals surface area contributed by atoms with Crippen LogP contribution in [-0.4, -0.2) is 17.1 Å². The highest BCUT2D eigenvalue weighted by Crippen LogP contribution is 2.31. The number of methoxy groups -OCH3 is 1. The first kappa shape index (κ1) is 16.4. The van der Waals surface area contributed by atoms with Crippen molar-refractivity contribution in [3.05, 3.63) is 82.2 Å². The van der Waals surface area contributed by atoms with Gasteiger partial charge in [0.1, 0.15) is 10.9 Å². The average Bonchev–Trinajstić information content (AvgIpc) is 2.67. The third-order valence-corrected chi connectivity index (χ3v) is 4.52. The highest BCUT2D eigenvalue weighted by molar-refractivity contribution is 6.32. The summed E-state index contributed by atoms with van der Waals surface area (Å²) in [4.78, 5) is 19.5. The molecule has 0 spiro atoms. The highest BCUT2D eigenvalue weighted by Gasteiger charge is 2.10. The van der Waals surface area contributed by atoms with E-state index in [9.17, 15) is 4.79 Å². The second-order valence-corrected chi connectivity index (χ2v) is 6.25. The molecule has 0 saturated carbocycles. The first-order valence-electron chi connectivity index (χ1n) is 8.08. The molecule has 0 aliphatic rings. The molecule has 2 aromatic carbocycles. The van der Waals surface area contributed by atoms with Gasteiger partial charge in [0.05, 0.1) is 12.6 Å². The number of rotatable bonds is 3. The first-order valence-corrected chi connectivity index (χ1v) is 8.46. The quantitative estimate of drug-likeness (QED) is 0.526. The highest BCUT2D eigenvalue weighted by atomic mass is 35.5. The van der Waals surface area contributed by atoms with Crippen molar-refractivity contribution in [1.29, 1.82) is 0 Å². The number of hydrogen-bond donors (Lipinski definition) is 1. The van der Waals surface area contributed by atoms with Crippen molar-refractivity contribution in [2.45, 2.75) is 0 Å². The van der Waals surface area contributed by atoms with Crippen molar-refractivity contribution >= 4 is 22.5 Å². The van der Waals surface area contributed by atoms with Crippen LogP contribution in [-0.2, 0) is 0 Å². The van der Waals surface area contributed by atoms with E-state index >= 15 is 0 Å². The largest absolute Gasteiger partial charge is 0.497 e. The molecule has 2 heterocycles. The average molecular weight is 363 g/mol. The predicted octanol–water partition coefficient (Wildman–Crippen LogP) is 4.92. The number of halogens is 1. The molecule has 128 valence electrons. The van der Waals surface area contributed by atoms with E-state index in [1.165, 1.54) is 6.07 Å². The first-order chi connectivity index (χ1) is 12.6. The van der Waals surface area contributed by atoms with Crippen LogP contribution in [0, 0.1) is 0 Å². The lowest BCUT2D eigenvalue weighted by Crippen LogP contribution is -2.06. The molecular formula is C21H15ClN2O2. The number of aromatic nitrogens is 2. The molecule has 0 amide bonds. The van der Waals surface area contributed by atoms with Crippen LogP contribution in [0.4, 0.5) is 0 Å². The van der Waals surface area contributed by atoms with E-state index in [0.717, 1.165) is 33.3 Å². The number of hydrogen-bond acceptors (Lipinski definition) is 3. The van der Waals surface area contributed by atoms with E-state index in [-0.39, 0.29) is 5.56 Å². The summed E-state index contributed by atoms with van der Waals surface area (Å²) in [5.74, 6) is 0.758. The number of fused-ring (bicyclic) bond motifs is 1. The standard InChI is InChI=1S/C21H15ClN2O2/c1-26-16-8-6-13(7-9-16)19-11-15(12-20(25)23-19)17-10-14-4-2-3-5-18(14)24-21(17)22/h2-12H,1H3,(H,23,25). The van der Waals surface area contributed by atoms with Gasteiger partial charge in [-0.2, -0.15) is 0 Å². The zero-order chi connectivity index (χ0) is 18.1. The molecular weight excluding hydrogens is 348 g/mol. The maximum absolute atomic E-state index is 12.2. The lowest BCUT2D eigenvalue weighted by molar-refractivity contribution is 0.415. The summed E-state index contributed by atoms with van der Waals surface area (Å²) < 4.78 is 5.18. The lowest BCUT2D eigenvalue weighted by Gasteiger charge is -2.09. The molecule has 5 heteroatoms. The molecule has 0 saturated heterocycles. The Bertz CT molecular complexity index is 1150. The molecule has 2 aromatic heterocycles. The second-order valence-electron chi connectivity index (χ2n) is 5.89. The van der Waals surface area contributed by atoms with Gasteiger partial charge in [0.15, 0.2) is 0 Å². The fourth-order valence-electron chi connectivity index (χ4n) is 2.92. The molecule has 0 bridgehead atoms. The number of para-hydroxylation sites is 1. The van der Waals surface area contributed by atoms with Crippen LogP contribution in [0.2, 0.25) is 5.15 Å². The summed E-state index contributed by atoms with van der Waals surface area (Å²) in [6.45, 7) is 0. The summed E-state index contributed by atoms with van der Waals surface area (Å²) in [5, 5.41) is 1.34. The van der Waals surface area contributed by atoms with Crippen molar-refractivity contribution in [3.8, 4) is 28.1 Å². The summed E-state index contributed by atoms with van der Waals surface area (Å²) in [5.41, 5.74) is 3.67. The molecule has 0 fully saturated rings. The van der Waals surface area contributed by atoms with E-state index in [0.29, 0.717) is 10.8 Å². The van der Waals surface area contributed by atoms with Crippen molar-refractivity contribution in [2.24, 2.45) is 0 Å². The van der Waals surface area contributed by atoms with E-state index in [2.05, 4.69) is 9.97 Å². The number of ether oxygens (including phenoxy) is 1. The fourth-order valence-corrected chi connectivity index (χ4v) is 3.17. The van der Waals surface area contributed by atoms with Gasteiger partial charge in [-0.25, -0.2) is 4.98 Å². The smallest absolute Gasteiger partial charge is 0.249 e. The van der Waals surface area contributed by atoms with Crippen molar-refractivity contribution in [2.75, 3.05) is 7.11 Å². The zero-order valence-electron chi connectivity index (χ0n) is 14.0. The Labute approximate surface area is 155 Å². The Morgan fingerprint density at radius 1 is 0.962 bits per heavy atom. The Morgan fingerprint density at radius 2 is 1.73 bits per heavy atom. The van der Waals surface area contributed by atoms with Gasteiger partial charge in [-0.3, -0.25) is 4.79 Å². The molecule has 0 aliphatic heterocycles. The predicted molar refractivity (Wildman–Crippen MR) is 105 cm³/mol. The molecule has 4 aromatic rings. The minimum absolute atomic E-state index is 0.197. The maximum Gasteiger partial charge on any atom is 0.249 e. The number of aromatic amines is 1. The molecule has 4 rings (SSSR count). The summed E-state index contributed by atoms with van der Waals surface area (Å²) in [7, 11) is 1.62. The molecule has 0 unspecified atom stereocenters. The van der Waals surface area contributed by atoms with Gasteiger partial charge in [0.2, 0.25) is 5.56 Å². The van der Waals surface area contributed by atoms with Crippen LogP contribution in [0.25, 0.3) is 33.3 Å². The van der Waals surface area contributed by atoms with Crippen LogP contribution in [0.1, 0.15) is 0 Å². The van der Waals surface area contributed by atoms with E-state index in [4.69, 9.17) is 16.3 Å². The normalized spacial score (nSPS) is 10.8. The van der Waals surface area contributed by atoms with Crippen LogP contribution in [0.15, 0.2) is 71.5 Å². The van der Waals surface area contributed by atoms with Gasteiger partial charge in [-0.05, 0) is 53.6 Å². The molecule has 26 heavy (non-hydrogen) atoms. The number of H-pyrrole nitrogens is 1. The van der Waals surface area contributed by atoms with Gasteiger partial charge in [0.25, 0.3) is 0 Å². The molecule has 4 nitrogen and oxygen atoms in total. The summed E-state index contributed by atoms with van der Waals surface area (Å²) in [6.07, 6.45) is 0. The Hall–Kier alpha value is -3.11. The lowest BCUT2D eigenvalue weighted by atomic mass is 10.0. The monoisotopic (exact) mass is 362 g/mol. The fraction of sp³-hybridized carbons (Fsp3) is 0.0476. The zero-order valence-corrected chi connectivity index (χ0v) is 14.7. The third-order valence-electron chi connectivity index (χ3n) is 4.23. The van der Waals surface area contributed by atoms with Crippen molar-refractivity contribution < 1.29 is 4.74 Å². The van der Waals surface area contributed by atoms with Gasteiger partial charge in [-0.15, -0.1) is 0 Å². The minimum atomic E-state index is -0.197. The molecule has 0 radical (unpaired) electrons. The van der Waals surface area contributed by atoms with E-state index < -0.39 is 0 Å². The van der Waals surface area contributed by atoms with E-state index in [1.807, 2.05) is 60.7 Å². The SMILES string of the molecule is COc1ccc(-c2cc(-c3cc4ccccc4nc3Cl)cc(=O)[nH]2)cc1. The van der Waals surface area contributed by atoms with Gasteiger partial charge < -0.3 is 9.72 Å². The Kier molecular flexibility index (Phi) is 4.19. The van der Waals surface area contributed by atoms with Gasteiger partial charge in [0, 0.05) is 22.7 Å². The van der Waals surface area contributed by atoms with Crippen molar-refractivity contribution in [1.82, 2.24) is 9.97 Å². The molecule has 0 aliphatic carbocycles. The third kappa shape index (κ3) is 3.07. The molecule has 1 N–H and O–H groups in total. The summed E-state index contributed by atoms with van der Waals surface area (Å²) >= 11 is 6.39. The van der Waals surface area contributed by atoms with E-state index in [1.54, 1.807) is 7.11 Å². The minimum Gasteiger partial charge on any atom is -0.497 e.